The number of aryl methyl sites for hydroxylation is 1. The molecule has 1 fully saturated rings. The van der Waals surface area contributed by atoms with Crippen molar-refractivity contribution in [1.29, 1.82) is 0 Å². The van der Waals surface area contributed by atoms with Crippen molar-refractivity contribution in [2.75, 3.05) is 6.54 Å². The molecule has 0 aromatic heterocycles. The average molecular weight is 329 g/mol. The SMILES string of the molecule is O=C(O)[C@H]1CCCCN1C(=O)c1ccc(CCC(F)(F)F)cc1. The van der Waals surface area contributed by atoms with Gasteiger partial charge in [-0.2, -0.15) is 13.2 Å². The third-order valence-corrected chi connectivity index (χ3v) is 3.95. The van der Waals surface area contributed by atoms with Crippen LogP contribution in [0.4, 0.5) is 13.2 Å². The summed E-state index contributed by atoms with van der Waals surface area (Å²) in [6.07, 6.45) is -3.33. The Morgan fingerprint density at radius 2 is 1.83 bits per heavy atom. The highest BCUT2D eigenvalue weighted by molar-refractivity contribution is 5.96. The lowest BCUT2D eigenvalue weighted by atomic mass is 10.00. The van der Waals surface area contributed by atoms with E-state index in [-0.39, 0.29) is 12.3 Å². The highest BCUT2D eigenvalue weighted by Gasteiger charge is 2.32. The zero-order valence-corrected chi connectivity index (χ0v) is 12.5. The number of piperidine rings is 1. The molecule has 1 aromatic rings. The molecule has 1 heterocycles. The number of carbonyl (C=O) groups is 2. The first kappa shape index (κ1) is 17.3. The second-order valence-corrected chi connectivity index (χ2v) is 5.66. The summed E-state index contributed by atoms with van der Waals surface area (Å²) in [5, 5.41) is 9.19. The lowest BCUT2D eigenvalue weighted by Gasteiger charge is -2.33. The summed E-state index contributed by atoms with van der Waals surface area (Å²) in [6, 6.07) is 5.06. The quantitative estimate of drug-likeness (QED) is 0.922. The number of carboxylic acids is 1. The van der Waals surface area contributed by atoms with Crippen LogP contribution in [0, 0.1) is 0 Å². The molecule has 1 saturated heterocycles. The van der Waals surface area contributed by atoms with Crippen LogP contribution in [0.5, 0.6) is 0 Å². The Kier molecular flexibility index (Phi) is 5.28. The van der Waals surface area contributed by atoms with Crippen LogP contribution in [-0.2, 0) is 11.2 Å². The molecule has 1 aliphatic heterocycles. The second-order valence-electron chi connectivity index (χ2n) is 5.66. The number of hydrogen-bond donors (Lipinski definition) is 1. The fourth-order valence-electron chi connectivity index (χ4n) is 2.70. The molecular formula is C16H18F3NO3. The highest BCUT2D eigenvalue weighted by atomic mass is 19.4. The van der Waals surface area contributed by atoms with Gasteiger partial charge in [0.1, 0.15) is 6.04 Å². The smallest absolute Gasteiger partial charge is 0.389 e. The van der Waals surface area contributed by atoms with Crippen LogP contribution in [0.25, 0.3) is 0 Å². The van der Waals surface area contributed by atoms with E-state index in [9.17, 15) is 27.9 Å². The maximum absolute atomic E-state index is 12.4. The van der Waals surface area contributed by atoms with Crippen molar-refractivity contribution in [3.63, 3.8) is 0 Å². The predicted octanol–water partition coefficient (Wildman–Crippen LogP) is 3.26. The van der Waals surface area contributed by atoms with Crippen LogP contribution in [0.3, 0.4) is 0 Å². The van der Waals surface area contributed by atoms with Gasteiger partial charge in [0.2, 0.25) is 0 Å². The lowest BCUT2D eigenvalue weighted by Crippen LogP contribution is -2.47. The van der Waals surface area contributed by atoms with Crippen molar-refractivity contribution >= 4 is 11.9 Å². The Labute approximate surface area is 131 Å². The van der Waals surface area contributed by atoms with Gasteiger partial charge in [-0.15, -0.1) is 0 Å². The first-order valence-corrected chi connectivity index (χ1v) is 7.47. The fraction of sp³-hybridized carbons (Fsp3) is 0.500. The van der Waals surface area contributed by atoms with Gasteiger partial charge >= 0.3 is 12.1 Å². The molecule has 1 aliphatic rings. The van der Waals surface area contributed by atoms with Gasteiger partial charge in [-0.3, -0.25) is 4.79 Å². The standard InChI is InChI=1S/C16H18F3NO3/c17-16(18,19)9-8-11-4-6-12(7-5-11)14(21)20-10-2-1-3-13(20)15(22)23/h4-7,13H,1-3,8-10H2,(H,22,23)/t13-/m1/s1. The largest absolute Gasteiger partial charge is 0.480 e. The minimum Gasteiger partial charge on any atom is -0.480 e. The van der Waals surface area contributed by atoms with Crippen molar-refractivity contribution < 1.29 is 27.9 Å². The number of nitrogens with zero attached hydrogens (tertiary/aromatic N) is 1. The van der Waals surface area contributed by atoms with Gasteiger partial charge in [-0.1, -0.05) is 12.1 Å². The van der Waals surface area contributed by atoms with E-state index in [1.807, 2.05) is 0 Å². The molecule has 0 aliphatic carbocycles. The maximum Gasteiger partial charge on any atom is 0.389 e. The Balaban J connectivity index is 2.06. The number of aliphatic carboxylic acids is 1. The van der Waals surface area contributed by atoms with Gasteiger partial charge < -0.3 is 10.0 Å². The minimum atomic E-state index is -4.21. The number of amides is 1. The Hall–Kier alpha value is -2.05. The normalized spacial score (nSPS) is 18.7. The van der Waals surface area contributed by atoms with Crippen molar-refractivity contribution in [3.05, 3.63) is 35.4 Å². The van der Waals surface area contributed by atoms with Crippen LogP contribution in [-0.4, -0.2) is 40.6 Å². The number of carboxylic acid groups (broad SMARTS) is 1. The van der Waals surface area contributed by atoms with Gasteiger partial charge in [0, 0.05) is 18.5 Å². The molecule has 23 heavy (non-hydrogen) atoms. The highest BCUT2D eigenvalue weighted by Crippen LogP contribution is 2.23. The molecule has 0 unspecified atom stereocenters. The molecule has 0 saturated carbocycles. The molecule has 126 valence electrons. The zero-order chi connectivity index (χ0) is 17.0. The van der Waals surface area contributed by atoms with E-state index in [4.69, 9.17) is 0 Å². The van der Waals surface area contributed by atoms with E-state index in [1.165, 1.54) is 29.2 Å². The summed E-state index contributed by atoms with van der Waals surface area (Å²) < 4.78 is 36.6. The number of benzene rings is 1. The summed E-state index contributed by atoms with van der Waals surface area (Å²) in [4.78, 5) is 25.0. The number of alkyl halides is 3. The molecule has 7 heteroatoms. The van der Waals surface area contributed by atoms with E-state index >= 15 is 0 Å². The summed E-state index contributed by atoms with van der Waals surface area (Å²) in [5.74, 6) is -1.42. The Morgan fingerprint density at radius 3 is 2.39 bits per heavy atom. The molecule has 1 aromatic carbocycles. The lowest BCUT2D eigenvalue weighted by molar-refractivity contribution is -0.143. The van der Waals surface area contributed by atoms with Crippen LogP contribution >= 0.6 is 0 Å². The first-order valence-electron chi connectivity index (χ1n) is 7.47. The number of likely N-dealkylation sites (tertiary alicyclic amines) is 1. The van der Waals surface area contributed by atoms with E-state index in [2.05, 4.69) is 0 Å². The monoisotopic (exact) mass is 329 g/mol. The first-order chi connectivity index (χ1) is 10.8. The van der Waals surface area contributed by atoms with Gasteiger partial charge in [0.25, 0.3) is 5.91 Å². The molecule has 1 amide bonds. The van der Waals surface area contributed by atoms with Crippen molar-refractivity contribution in [1.82, 2.24) is 4.90 Å². The molecule has 2 rings (SSSR count). The van der Waals surface area contributed by atoms with Crippen molar-refractivity contribution in [2.45, 2.75) is 44.3 Å². The van der Waals surface area contributed by atoms with E-state index in [1.54, 1.807) is 0 Å². The van der Waals surface area contributed by atoms with Crippen LogP contribution in [0.2, 0.25) is 0 Å². The number of rotatable bonds is 4. The topological polar surface area (TPSA) is 57.6 Å². The third-order valence-electron chi connectivity index (χ3n) is 3.95. The number of hydrogen-bond acceptors (Lipinski definition) is 2. The fourth-order valence-corrected chi connectivity index (χ4v) is 2.70. The molecule has 0 radical (unpaired) electrons. The molecule has 1 N–H and O–H groups in total. The van der Waals surface area contributed by atoms with Crippen LogP contribution in [0.1, 0.15) is 41.6 Å². The van der Waals surface area contributed by atoms with Crippen LogP contribution in [0.15, 0.2) is 24.3 Å². The van der Waals surface area contributed by atoms with Gasteiger partial charge in [0.05, 0.1) is 0 Å². The molecular weight excluding hydrogens is 311 g/mol. The van der Waals surface area contributed by atoms with Gasteiger partial charge in [0.15, 0.2) is 0 Å². The molecule has 1 atom stereocenters. The van der Waals surface area contributed by atoms with Crippen molar-refractivity contribution in [3.8, 4) is 0 Å². The molecule has 0 spiro atoms. The number of halogens is 3. The Morgan fingerprint density at radius 1 is 1.17 bits per heavy atom. The van der Waals surface area contributed by atoms with Gasteiger partial charge in [-0.25, -0.2) is 4.79 Å². The van der Waals surface area contributed by atoms with E-state index < -0.39 is 24.6 Å². The van der Waals surface area contributed by atoms with Crippen molar-refractivity contribution in [2.24, 2.45) is 0 Å². The number of carbonyl (C=O) groups excluding carboxylic acids is 1. The summed E-state index contributed by atoms with van der Waals surface area (Å²) in [7, 11) is 0. The molecule has 0 bridgehead atoms. The van der Waals surface area contributed by atoms with E-state index in [0.717, 1.165) is 12.8 Å². The Bertz CT molecular complexity index is 569. The molecule has 4 nitrogen and oxygen atoms in total. The van der Waals surface area contributed by atoms with Gasteiger partial charge in [-0.05, 0) is 43.4 Å². The minimum absolute atomic E-state index is 0.139. The summed E-state index contributed by atoms with van der Waals surface area (Å²) >= 11 is 0. The summed E-state index contributed by atoms with van der Waals surface area (Å²) in [5.41, 5.74) is 0.793. The maximum atomic E-state index is 12.4. The predicted molar refractivity (Wildman–Crippen MR) is 77.1 cm³/mol. The third kappa shape index (κ3) is 4.71. The van der Waals surface area contributed by atoms with Crippen LogP contribution < -0.4 is 0 Å². The van der Waals surface area contributed by atoms with E-state index in [0.29, 0.717) is 24.1 Å². The second kappa shape index (κ2) is 7.02. The zero-order valence-electron chi connectivity index (χ0n) is 12.5. The summed E-state index contributed by atoms with van der Waals surface area (Å²) in [6.45, 7) is 0.381. The average Bonchev–Trinajstić information content (AvgIpc) is 2.52.